The van der Waals surface area contributed by atoms with Crippen molar-refractivity contribution >= 4 is 17.5 Å². The lowest BCUT2D eigenvalue weighted by Crippen LogP contribution is -2.24. The number of benzene rings is 2. The van der Waals surface area contributed by atoms with Gasteiger partial charge in [0.1, 0.15) is 11.5 Å². The van der Waals surface area contributed by atoms with Gasteiger partial charge >= 0.3 is 0 Å². The van der Waals surface area contributed by atoms with Gasteiger partial charge in [0.15, 0.2) is 5.69 Å². The van der Waals surface area contributed by atoms with Crippen LogP contribution in [-0.4, -0.2) is 25.9 Å². The molecule has 150 valence electrons. The summed E-state index contributed by atoms with van der Waals surface area (Å²) in [4.78, 5) is 17.3. The van der Waals surface area contributed by atoms with E-state index in [1.807, 2.05) is 18.2 Å². The molecule has 8 heteroatoms. The molecule has 0 aliphatic heterocycles. The zero-order chi connectivity index (χ0) is 21.1. The lowest BCUT2D eigenvalue weighted by molar-refractivity contribution is 0.0946. The van der Waals surface area contributed by atoms with Gasteiger partial charge in [0.05, 0.1) is 11.4 Å². The number of carbonyl (C=O) groups is 1. The maximum Gasteiger partial charge on any atom is 0.274 e. The van der Waals surface area contributed by atoms with Crippen molar-refractivity contribution in [2.24, 2.45) is 0 Å². The molecule has 0 unspecified atom stereocenters. The predicted octanol–water partition coefficient (Wildman–Crippen LogP) is 4.36. The summed E-state index contributed by atoms with van der Waals surface area (Å²) >= 11 is 6.00. The molecule has 2 aromatic heterocycles. The van der Waals surface area contributed by atoms with Crippen molar-refractivity contribution < 1.29 is 9.18 Å². The minimum absolute atomic E-state index is 0.123. The molecule has 0 aliphatic carbocycles. The largest absolute Gasteiger partial charge is 0.346 e. The fourth-order valence-electron chi connectivity index (χ4n) is 3.02. The number of hydrogen-bond donors (Lipinski definition) is 1. The zero-order valence-corrected chi connectivity index (χ0v) is 16.8. The van der Waals surface area contributed by atoms with E-state index in [2.05, 4.69) is 20.6 Å². The normalized spacial score (nSPS) is 10.8. The Hall–Kier alpha value is -3.58. The number of pyridine rings is 1. The predicted molar refractivity (Wildman–Crippen MR) is 112 cm³/mol. The molecule has 2 aromatic carbocycles. The van der Waals surface area contributed by atoms with Gasteiger partial charge in [-0.2, -0.15) is 0 Å². The van der Waals surface area contributed by atoms with Crippen LogP contribution in [0, 0.1) is 12.7 Å². The number of aromatic nitrogens is 4. The summed E-state index contributed by atoms with van der Waals surface area (Å²) in [5, 5.41) is 11.7. The Bertz CT molecular complexity index is 1210. The third-order valence-corrected chi connectivity index (χ3v) is 4.76. The van der Waals surface area contributed by atoms with Crippen molar-refractivity contribution in [3.8, 4) is 17.1 Å². The molecule has 0 aliphatic rings. The summed E-state index contributed by atoms with van der Waals surface area (Å²) in [6.07, 6.45) is 1.62. The van der Waals surface area contributed by atoms with E-state index >= 15 is 0 Å². The maximum atomic E-state index is 13.7. The summed E-state index contributed by atoms with van der Waals surface area (Å²) in [5.74, 6) is -0.724. The standard InChI is InChI=1S/C22H17ClFN5O/c1-14-11-17(8-9-18(14)24)29-21(19-7-2-3-10-25-19)20(27-28-29)22(30)26-13-15-5-4-6-16(23)12-15/h2-12H,13H2,1H3,(H,26,30). The molecule has 0 radical (unpaired) electrons. The van der Waals surface area contributed by atoms with Crippen LogP contribution in [0.2, 0.25) is 5.02 Å². The van der Waals surface area contributed by atoms with Crippen LogP contribution in [0.3, 0.4) is 0 Å². The van der Waals surface area contributed by atoms with Gasteiger partial charge < -0.3 is 5.32 Å². The smallest absolute Gasteiger partial charge is 0.274 e. The Morgan fingerprint density at radius 2 is 2.00 bits per heavy atom. The number of nitrogens with one attached hydrogen (secondary N) is 1. The molecule has 1 N–H and O–H groups in total. The van der Waals surface area contributed by atoms with Crippen molar-refractivity contribution in [2.45, 2.75) is 13.5 Å². The van der Waals surface area contributed by atoms with Gasteiger partial charge in [-0.3, -0.25) is 9.78 Å². The van der Waals surface area contributed by atoms with Gasteiger partial charge in [0.25, 0.3) is 5.91 Å². The van der Waals surface area contributed by atoms with Crippen LogP contribution in [0.25, 0.3) is 17.1 Å². The summed E-state index contributed by atoms with van der Waals surface area (Å²) < 4.78 is 15.2. The van der Waals surface area contributed by atoms with Crippen LogP contribution in [0.4, 0.5) is 4.39 Å². The second-order valence-electron chi connectivity index (χ2n) is 6.66. The van der Waals surface area contributed by atoms with Crippen molar-refractivity contribution in [1.82, 2.24) is 25.3 Å². The van der Waals surface area contributed by atoms with Crippen LogP contribution in [0.15, 0.2) is 66.9 Å². The Morgan fingerprint density at radius 1 is 1.13 bits per heavy atom. The molecule has 0 bridgehead atoms. The molecule has 4 rings (SSSR count). The third kappa shape index (κ3) is 4.06. The van der Waals surface area contributed by atoms with Gasteiger partial charge in [0.2, 0.25) is 0 Å². The Balaban J connectivity index is 1.71. The summed E-state index contributed by atoms with van der Waals surface area (Å²) in [5.41, 5.74) is 2.97. The first-order valence-electron chi connectivity index (χ1n) is 9.19. The summed E-state index contributed by atoms with van der Waals surface area (Å²) in [6, 6.07) is 17.2. The minimum Gasteiger partial charge on any atom is -0.346 e. The van der Waals surface area contributed by atoms with Crippen LogP contribution in [0.5, 0.6) is 0 Å². The highest BCUT2D eigenvalue weighted by Crippen LogP contribution is 2.24. The molecular formula is C22H17ClFN5O. The Labute approximate surface area is 177 Å². The molecule has 0 fully saturated rings. The monoisotopic (exact) mass is 421 g/mol. The van der Waals surface area contributed by atoms with E-state index in [0.29, 0.717) is 27.7 Å². The number of aryl methyl sites for hydroxylation is 1. The number of halogens is 2. The zero-order valence-electron chi connectivity index (χ0n) is 16.0. The van der Waals surface area contributed by atoms with E-state index in [-0.39, 0.29) is 18.1 Å². The van der Waals surface area contributed by atoms with E-state index in [1.54, 1.807) is 49.5 Å². The first-order chi connectivity index (χ1) is 14.5. The second-order valence-corrected chi connectivity index (χ2v) is 7.10. The Morgan fingerprint density at radius 3 is 2.73 bits per heavy atom. The Kier molecular flexibility index (Phi) is 5.54. The topological polar surface area (TPSA) is 72.7 Å². The van der Waals surface area contributed by atoms with Crippen molar-refractivity contribution in [1.29, 1.82) is 0 Å². The van der Waals surface area contributed by atoms with Crippen molar-refractivity contribution in [3.63, 3.8) is 0 Å². The van der Waals surface area contributed by atoms with Crippen LogP contribution < -0.4 is 5.32 Å². The highest BCUT2D eigenvalue weighted by atomic mass is 35.5. The average molecular weight is 422 g/mol. The van der Waals surface area contributed by atoms with Gasteiger partial charge in [-0.25, -0.2) is 9.07 Å². The molecule has 30 heavy (non-hydrogen) atoms. The van der Waals surface area contributed by atoms with E-state index in [0.717, 1.165) is 5.56 Å². The minimum atomic E-state index is -0.402. The summed E-state index contributed by atoms with van der Waals surface area (Å²) in [7, 11) is 0. The van der Waals surface area contributed by atoms with E-state index < -0.39 is 5.91 Å². The first kappa shape index (κ1) is 19.7. The maximum absolute atomic E-state index is 13.7. The number of rotatable bonds is 5. The fraction of sp³-hybridized carbons (Fsp3) is 0.0909. The SMILES string of the molecule is Cc1cc(-n2nnc(C(=O)NCc3cccc(Cl)c3)c2-c2ccccn2)ccc1F. The average Bonchev–Trinajstić information content (AvgIpc) is 3.20. The lowest BCUT2D eigenvalue weighted by atomic mass is 10.1. The van der Waals surface area contributed by atoms with E-state index in [4.69, 9.17) is 11.6 Å². The number of hydrogen-bond acceptors (Lipinski definition) is 4. The highest BCUT2D eigenvalue weighted by molar-refractivity contribution is 6.30. The summed E-state index contributed by atoms with van der Waals surface area (Å²) in [6.45, 7) is 1.94. The van der Waals surface area contributed by atoms with Crippen molar-refractivity contribution in [3.05, 3.63) is 94.5 Å². The molecule has 0 spiro atoms. The second kappa shape index (κ2) is 8.42. The number of nitrogens with zero attached hydrogens (tertiary/aromatic N) is 4. The van der Waals surface area contributed by atoms with Crippen LogP contribution in [0.1, 0.15) is 21.6 Å². The van der Waals surface area contributed by atoms with Gasteiger partial charge in [-0.05, 0) is 60.5 Å². The van der Waals surface area contributed by atoms with Gasteiger partial charge in [-0.15, -0.1) is 5.10 Å². The third-order valence-electron chi connectivity index (χ3n) is 4.52. The van der Waals surface area contributed by atoms with E-state index in [1.165, 1.54) is 10.7 Å². The fourth-order valence-corrected chi connectivity index (χ4v) is 3.23. The molecule has 6 nitrogen and oxygen atoms in total. The number of carbonyl (C=O) groups excluding carboxylic acids is 1. The van der Waals surface area contributed by atoms with E-state index in [9.17, 15) is 9.18 Å². The first-order valence-corrected chi connectivity index (χ1v) is 9.57. The molecule has 0 saturated heterocycles. The highest BCUT2D eigenvalue weighted by Gasteiger charge is 2.23. The number of amides is 1. The van der Waals surface area contributed by atoms with Gasteiger partial charge in [-0.1, -0.05) is 35.0 Å². The molecule has 0 atom stereocenters. The lowest BCUT2D eigenvalue weighted by Gasteiger charge is -2.09. The molecule has 0 saturated carbocycles. The molecule has 2 heterocycles. The molecule has 1 amide bonds. The van der Waals surface area contributed by atoms with Crippen molar-refractivity contribution in [2.75, 3.05) is 0 Å². The van der Waals surface area contributed by atoms with Crippen LogP contribution in [-0.2, 0) is 6.54 Å². The molecule has 4 aromatic rings. The quantitative estimate of drug-likeness (QED) is 0.519. The van der Waals surface area contributed by atoms with Gasteiger partial charge in [0, 0.05) is 17.8 Å². The van der Waals surface area contributed by atoms with Crippen LogP contribution >= 0.6 is 11.6 Å². The molecular weight excluding hydrogens is 405 g/mol.